The molecule has 1 rings (SSSR count). The number of benzene rings is 1. The minimum absolute atomic E-state index is 0.116. The van der Waals surface area contributed by atoms with Gasteiger partial charge in [0.2, 0.25) is 5.91 Å². The Bertz CT molecular complexity index is 394. The third-order valence-electron chi connectivity index (χ3n) is 2.25. The number of nitrogens with one attached hydrogen (secondary N) is 1. The lowest BCUT2D eigenvalue weighted by atomic mass is 10.1. The van der Waals surface area contributed by atoms with Gasteiger partial charge in [-0.05, 0) is 31.0 Å². The van der Waals surface area contributed by atoms with Crippen LogP contribution in [0.2, 0.25) is 10.0 Å². The average molecular weight is 276 g/mol. The Labute approximate surface area is 111 Å². The van der Waals surface area contributed by atoms with E-state index in [9.17, 15) is 4.79 Å². The predicted octanol–water partition coefficient (Wildman–Crippen LogP) is 2.42. The molecule has 17 heavy (non-hydrogen) atoms. The third-order valence-corrected chi connectivity index (χ3v) is 2.84. The van der Waals surface area contributed by atoms with Crippen LogP contribution in [0.4, 0.5) is 0 Å². The van der Waals surface area contributed by atoms with Gasteiger partial charge in [-0.2, -0.15) is 0 Å². The van der Waals surface area contributed by atoms with Crippen LogP contribution in [-0.4, -0.2) is 23.7 Å². The largest absolute Gasteiger partial charge is 0.393 e. The molecule has 2 N–H and O–H groups in total. The minimum atomic E-state index is -0.408. The van der Waals surface area contributed by atoms with E-state index < -0.39 is 6.10 Å². The highest BCUT2D eigenvalue weighted by Crippen LogP contribution is 2.21. The van der Waals surface area contributed by atoms with E-state index in [4.69, 9.17) is 28.3 Å². The molecule has 1 atom stereocenters. The van der Waals surface area contributed by atoms with E-state index >= 15 is 0 Å². The molecule has 0 heterocycles. The summed E-state index contributed by atoms with van der Waals surface area (Å²) in [6.07, 6.45) is 0.352. The number of hydrogen-bond donors (Lipinski definition) is 2. The van der Waals surface area contributed by atoms with Gasteiger partial charge in [0.05, 0.1) is 12.5 Å². The number of aliphatic hydroxyl groups excluding tert-OH is 1. The molecule has 0 bridgehead atoms. The van der Waals surface area contributed by atoms with Crippen LogP contribution < -0.4 is 5.32 Å². The van der Waals surface area contributed by atoms with Crippen LogP contribution in [-0.2, 0) is 11.2 Å². The van der Waals surface area contributed by atoms with Crippen LogP contribution in [0.25, 0.3) is 0 Å². The summed E-state index contributed by atoms with van der Waals surface area (Å²) >= 11 is 11.7. The lowest BCUT2D eigenvalue weighted by Crippen LogP contribution is -2.27. The Morgan fingerprint density at radius 1 is 1.47 bits per heavy atom. The van der Waals surface area contributed by atoms with Gasteiger partial charge in [-0.3, -0.25) is 4.79 Å². The Morgan fingerprint density at radius 3 is 2.76 bits per heavy atom. The monoisotopic (exact) mass is 275 g/mol. The van der Waals surface area contributed by atoms with E-state index in [1.807, 2.05) is 0 Å². The van der Waals surface area contributed by atoms with Gasteiger partial charge in [0, 0.05) is 16.6 Å². The van der Waals surface area contributed by atoms with Crippen LogP contribution in [0.3, 0.4) is 0 Å². The van der Waals surface area contributed by atoms with Crippen LogP contribution in [0.1, 0.15) is 18.9 Å². The second kappa shape index (κ2) is 6.84. The molecule has 1 amide bonds. The van der Waals surface area contributed by atoms with Crippen molar-refractivity contribution in [2.24, 2.45) is 0 Å². The van der Waals surface area contributed by atoms with Crippen molar-refractivity contribution in [3.05, 3.63) is 33.8 Å². The number of rotatable bonds is 5. The molecule has 5 heteroatoms. The van der Waals surface area contributed by atoms with Crippen molar-refractivity contribution >= 4 is 29.1 Å². The highest BCUT2D eigenvalue weighted by molar-refractivity contribution is 6.35. The predicted molar refractivity (Wildman–Crippen MR) is 69.5 cm³/mol. The lowest BCUT2D eigenvalue weighted by Gasteiger charge is -2.08. The third kappa shape index (κ3) is 5.39. The van der Waals surface area contributed by atoms with Crippen molar-refractivity contribution in [2.75, 3.05) is 6.54 Å². The minimum Gasteiger partial charge on any atom is -0.393 e. The lowest BCUT2D eigenvalue weighted by molar-refractivity contribution is -0.120. The normalized spacial score (nSPS) is 12.2. The fourth-order valence-corrected chi connectivity index (χ4v) is 1.80. The molecule has 0 fully saturated rings. The van der Waals surface area contributed by atoms with Crippen molar-refractivity contribution in [3.63, 3.8) is 0 Å². The molecule has 3 nitrogen and oxygen atoms in total. The maximum Gasteiger partial charge on any atom is 0.224 e. The molecule has 0 radical (unpaired) electrons. The molecule has 0 aliphatic heterocycles. The fourth-order valence-electron chi connectivity index (χ4n) is 1.32. The number of carbonyl (C=O) groups is 1. The van der Waals surface area contributed by atoms with Crippen LogP contribution >= 0.6 is 23.2 Å². The molecule has 0 aliphatic carbocycles. The first-order chi connectivity index (χ1) is 7.99. The van der Waals surface area contributed by atoms with Crippen LogP contribution in [0.5, 0.6) is 0 Å². The summed E-state index contributed by atoms with van der Waals surface area (Å²) < 4.78 is 0. The van der Waals surface area contributed by atoms with Crippen molar-refractivity contribution in [2.45, 2.75) is 25.9 Å². The highest BCUT2D eigenvalue weighted by atomic mass is 35.5. The van der Waals surface area contributed by atoms with E-state index in [2.05, 4.69) is 5.32 Å². The summed E-state index contributed by atoms with van der Waals surface area (Å²) in [7, 11) is 0. The molecule has 1 aromatic rings. The SMILES string of the molecule is CC(O)CCNC(=O)Cc1ccc(Cl)cc1Cl. The molecular weight excluding hydrogens is 261 g/mol. The summed E-state index contributed by atoms with van der Waals surface area (Å²) in [4.78, 5) is 11.5. The molecule has 94 valence electrons. The Hall–Kier alpha value is -0.770. The smallest absolute Gasteiger partial charge is 0.224 e. The topological polar surface area (TPSA) is 49.3 Å². The number of hydrogen-bond acceptors (Lipinski definition) is 2. The quantitative estimate of drug-likeness (QED) is 0.867. The molecule has 0 saturated heterocycles. The number of halogens is 2. The van der Waals surface area contributed by atoms with Gasteiger partial charge >= 0.3 is 0 Å². The van der Waals surface area contributed by atoms with E-state index in [0.29, 0.717) is 23.0 Å². The molecular formula is C12H15Cl2NO2. The highest BCUT2D eigenvalue weighted by Gasteiger charge is 2.07. The average Bonchev–Trinajstić information content (AvgIpc) is 2.21. The van der Waals surface area contributed by atoms with Crippen molar-refractivity contribution in [1.29, 1.82) is 0 Å². The summed E-state index contributed by atoms with van der Waals surface area (Å²) in [6, 6.07) is 5.05. The van der Waals surface area contributed by atoms with Gasteiger partial charge in [0.15, 0.2) is 0 Å². The van der Waals surface area contributed by atoms with Crippen molar-refractivity contribution < 1.29 is 9.90 Å². The molecule has 1 unspecified atom stereocenters. The van der Waals surface area contributed by atoms with Gasteiger partial charge < -0.3 is 10.4 Å². The fraction of sp³-hybridized carbons (Fsp3) is 0.417. The first-order valence-corrected chi connectivity index (χ1v) is 6.13. The van der Waals surface area contributed by atoms with Gasteiger partial charge in [-0.1, -0.05) is 29.3 Å². The number of carbonyl (C=O) groups excluding carboxylic acids is 1. The Balaban J connectivity index is 2.45. The van der Waals surface area contributed by atoms with Crippen molar-refractivity contribution in [3.8, 4) is 0 Å². The van der Waals surface area contributed by atoms with Gasteiger partial charge in [0.25, 0.3) is 0 Å². The maximum absolute atomic E-state index is 11.5. The maximum atomic E-state index is 11.5. The Kier molecular flexibility index (Phi) is 5.75. The summed E-state index contributed by atoms with van der Waals surface area (Å²) in [5, 5.41) is 12.8. The molecule has 0 aromatic heterocycles. The Morgan fingerprint density at radius 2 is 2.18 bits per heavy atom. The van der Waals surface area contributed by atoms with E-state index in [1.165, 1.54) is 0 Å². The van der Waals surface area contributed by atoms with Gasteiger partial charge in [0.1, 0.15) is 0 Å². The summed E-state index contributed by atoms with van der Waals surface area (Å²) in [6.45, 7) is 2.14. The van der Waals surface area contributed by atoms with Gasteiger partial charge in [-0.25, -0.2) is 0 Å². The van der Waals surface area contributed by atoms with E-state index in [1.54, 1.807) is 25.1 Å². The number of amides is 1. The zero-order chi connectivity index (χ0) is 12.8. The molecule has 1 aromatic carbocycles. The second-order valence-corrected chi connectivity index (χ2v) is 4.74. The molecule has 0 aliphatic rings. The van der Waals surface area contributed by atoms with E-state index in [0.717, 1.165) is 5.56 Å². The number of aliphatic hydroxyl groups is 1. The first kappa shape index (κ1) is 14.3. The molecule has 0 spiro atoms. The van der Waals surface area contributed by atoms with Gasteiger partial charge in [-0.15, -0.1) is 0 Å². The van der Waals surface area contributed by atoms with Crippen LogP contribution in [0, 0.1) is 0 Å². The molecule has 0 saturated carbocycles. The second-order valence-electron chi connectivity index (χ2n) is 3.90. The van der Waals surface area contributed by atoms with Crippen molar-refractivity contribution in [1.82, 2.24) is 5.32 Å². The zero-order valence-corrected chi connectivity index (χ0v) is 11.1. The first-order valence-electron chi connectivity index (χ1n) is 5.37. The standard InChI is InChI=1S/C12H15Cl2NO2/c1-8(16)4-5-15-12(17)6-9-2-3-10(13)7-11(9)14/h2-3,7-8,16H,4-6H2,1H3,(H,15,17). The summed E-state index contributed by atoms with van der Waals surface area (Å²) in [5.41, 5.74) is 0.741. The zero-order valence-electron chi connectivity index (χ0n) is 9.54. The summed E-state index contributed by atoms with van der Waals surface area (Å²) in [5.74, 6) is -0.116. The van der Waals surface area contributed by atoms with Crippen LogP contribution in [0.15, 0.2) is 18.2 Å². The van der Waals surface area contributed by atoms with E-state index in [-0.39, 0.29) is 12.3 Å².